The molecule has 3 N–H and O–H groups in total. The number of allylic oxidation sites excluding steroid dienone is 1. The molecule has 0 amide bonds. The van der Waals surface area contributed by atoms with Crippen LogP contribution in [0.4, 0.5) is 0 Å². The number of hydrogen-bond acceptors (Lipinski definition) is 5. The minimum atomic E-state index is 0.262. The zero-order valence-corrected chi connectivity index (χ0v) is 14.4. The summed E-state index contributed by atoms with van der Waals surface area (Å²) in [6, 6.07) is 7.24. The zero-order chi connectivity index (χ0) is 17.1. The van der Waals surface area contributed by atoms with Crippen molar-refractivity contribution in [1.29, 1.82) is 0 Å². The van der Waals surface area contributed by atoms with E-state index in [2.05, 4.69) is 21.1 Å². The van der Waals surface area contributed by atoms with Gasteiger partial charge in [0, 0.05) is 35.7 Å². The molecule has 0 fully saturated rings. The molecule has 6 heteroatoms. The first-order chi connectivity index (χ1) is 11.5. The number of aromatic hydroxyl groups is 1. The number of aromatic nitrogens is 3. The van der Waals surface area contributed by atoms with E-state index in [1.807, 2.05) is 30.9 Å². The number of benzene rings is 1. The number of rotatable bonds is 6. The lowest BCUT2D eigenvalue weighted by atomic mass is 10.1. The molecule has 0 saturated carbocycles. The first kappa shape index (κ1) is 16.3. The molecule has 124 valence electrons. The molecule has 3 rings (SSSR count). The van der Waals surface area contributed by atoms with Gasteiger partial charge in [0.1, 0.15) is 5.75 Å². The molecular formula is C18H20N4OS. The summed E-state index contributed by atoms with van der Waals surface area (Å²) in [4.78, 5) is 10.1. The summed E-state index contributed by atoms with van der Waals surface area (Å²) in [5.74, 6) is 0.262. The zero-order valence-electron chi connectivity index (χ0n) is 13.6. The second kappa shape index (κ2) is 6.88. The maximum atomic E-state index is 9.65. The third kappa shape index (κ3) is 3.65. The van der Waals surface area contributed by atoms with Crippen LogP contribution in [0.1, 0.15) is 27.5 Å². The molecule has 5 nitrogen and oxygen atoms in total. The number of imidazole rings is 1. The molecule has 0 aliphatic rings. The molecule has 2 aromatic heterocycles. The van der Waals surface area contributed by atoms with Crippen molar-refractivity contribution in [2.24, 2.45) is 5.73 Å². The Morgan fingerprint density at radius 1 is 1.38 bits per heavy atom. The number of hydrogen-bond donors (Lipinski definition) is 2. The van der Waals surface area contributed by atoms with Gasteiger partial charge in [-0.05, 0) is 24.6 Å². The van der Waals surface area contributed by atoms with Crippen LogP contribution in [0.25, 0.3) is 0 Å². The highest BCUT2D eigenvalue weighted by molar-refractivity contribution is 7.09. The topological polar surface area (TPSA) is 77.0 Å². The van der Waals surface area contributed by atoms with Crippen LogP contribution in [-0.4, -0.2) is 19.6 Å². The van der Waals surface area contributed by atoms with Crippen molar-refractivity contribution in [3.8, 4) is 5.75 Å². The molecule has 1 aromatic carbocycles. The molecule has 24 heavy (non-hydrogen) atoms. The van der Waals surface area contributed by atoms with Crippen LogP contribution in [-0.2, 0) is 19.4 Å². The highest BCUT2D eigenvalue weighted by atomic mass is 32.1. The summed E-state index contributed by atoms with van der Waals surface area (Å²) >= 11 is 1.64. The van der Waals surface area contributed by atoms with Gasteiger partial charge in [-0.2, -0.15) is 0 Å². The van der Waals surface area contributed by atoms with Gasteiger partial charge in [0.05, 0.1) is 23.2 Å². The Labute approximate surface area is 145 Å². The summed E-state index contributed by atoms with van der Waals surface area (Å²) in [6.45, 7) is 6.48. The smallest absolute Gasteiger partial charge is 0.115 e. The molecule has 0 saturated heterocycles. The molecule has 0 aliphatic heterocycles. The van der Waals surface area contributed by atoms with Gasteiger partial charge in [-0.1, -0.05) is 18.7 Å². The van der Waals surface area contributed by atoms with E-state index in [1.54, 1.807) is 23.5 Å². The second-order valence-electron chi connectivity index (χ2n) is 5.81. The molecule has 3 aromatic rings. The summed E-state index contributed by atoms with van der Waals surface area (Å²) < 4.78 is 2.07. The first-order valence-electron chi connectivity index (χ1n) is 7.66. The minimum absolute atomic E-state index is 0.262. The normalized spacial score (nSPS) is 10.9. The van der Waals surface area contributed by atoms with Crippen molar-refractivity contribution < 1.29 is 5.11 Å². The summed E-state index contributed by atoms with van der Waals surface area (Å²) in [7, 11) is 0. The van der Waals surface area contributed by atoms with E-state index < -0.39 is 0 Å². The van der Waals surface area contributed by atoms with Crippen molar-refractivity contribution in [2.75, 3.05) is 0 Å². The number of aryl methyl sites for hydroxylation is 1. The van der Waals surface area contributed by atoms with Crippen molar-refractivity contribution in [3.05, 3.63) is 75.9 Å². The van der Waals surface area contributed by atoms with E-state index in [1.165, 1.54) is 4.88 Å². The number of phenols is 1. The third-order valence-corrected chi connectivity index (χ3v) is 4.80. The van der Waals surface area contributed by atoms with Crippen molar-refractivity contribution in [1.82, 2.24) is 14.5 Å². The predicted octanol–water partition coefficient (Wildman–Crippen LogP) is 3.01. The molecule has 0 aliphatic carbocycles. The van der Waals surface area contributed by atoms with Crippen LogP contribution >= 0.6 is 11.3 Å². The minimum Gasteiger partial charge on any atom is -0.508 e. The quantitative estimate of drug-likeness (QED) is 0.723. The maximum absolute atomic E-state index is 9.65. The van der Waals surface area contributed by atoms with Gasteiger partial charge in [0.25, 0.3) is 0 Å². The van der Waals surface area contributed by atoms with E-state index in [0.29, 0.717) is 18.7 Å². The Kier molecular flexibility index (Phi) is 4.66. The Hall–Kier alpha value is -2.60. The molecule has 0 atom stereocenters. The average Bonchev–Trinajstić information content (AvgIpc) is 3.08. The largest absolute Gasteiger partial charge is 0.508 e. The molecule has 0 unspecified atom stereocenters. The van der Waals surface area contributed by atoms with Gasteiger partial charge < -0.3 is 15.4 Å². The Bertz CT molecular complexity index is 866. The van der Waals surface area contributed by atoms with Gasteiger partial charge in [-0.15, -0.1) is 11.3 Å². The van der Waals surface area contributed by atoms with Crippen LogP contribution in [0.3, 0.4) is 0 Å². The second-order valence-corrected chi connectivity index (χ2v) is 6.75. The molecule has 2 heterocycles. The van der Waals surface area contributed by atoms with Crippen molar-refractivity contribution in [2.45, 2.75) is 26.3 Å². The first-order valence-corrected chi connectivity index (χ1v) is 8.54. The van der Waals surface area contributed by atoms with E-state index >= 15 is 0 Å². The Balaban J connectivity index is 1.91. The van der Waals surface area contributed by atoms with E-state index in [0.717, 1.165) is 29.1 Å². The van der Waals surface area contributed by atoms with Crippen LogP contribution in [0.2, 0.25) is 0 Å². The van der Waals surface area contributed by atoms with Crippen LogP contribution in [0, 0.1) is 6.92 Å². The van der Waals surface area contributed by atoms with E-state index in [9.17, 15) is 5.11 Å². The summed E-state index contributed by atoms with van der Waals surface area (Å²) in [5.41, 5.74) is 12.4. The summed E-state index contributed by atoms with van der Waals surface area (Å²) in [5, 5.41) is 9.65. The number of phenolic OH excluding ortho intramolecular Hbond substituents is 1. The lowest BCUT2D eigenvalue weighted by molar-refractivity contribution is 0.474. The average molecular weight is 340 g/mol. The monoisotopic (exact) mass is 340 g/mol. The molecule has 0 radical (unpaired) electrons. The number of thiazole rings is 1. The van der Waals surface area contributed by atoms with Gasteiger partial charge in [-0.25, -0.2) is 9.97 Å². The standard InChI is InChI=1S/C18H20N4OS/c1-12(19)6-17-16(8-18-13(2)21-11-24-18)20-10-22(17)9-14-4-3-5-15(23)7-14/h3-5,7,10-11,23H,1,6,8-9,19H2,2H3. The fourth-order valence-corrected chi connectivity index (χ4v) is 3.43. The van der Waals surface area contributed by atoms with Crippen molar-refractivity contribution in [3.63, 3.8) is 0 Å². The number of nitrogens with zero attached hydrogens (tertiary/aromatic N) is 3. The SMILES string of the molecule is C=C(N)Cc1c(Cc2scnc2C)ncn1Cc1cccc(O)c1. The van der Waals surface area contributed by atoms with Gasteiger partial charge >= 0.3 is 0 Å². The maximum Gasteiger partial charge on any atom is 0.115 e. The van der Waals surface area contributed by atoms with Crippen LogP contribution in [0.15, 0.2) is 48.4 Å². The van der Waals surface area contributed by atoms with E-state index in [4.69, 9.17) is 5.73 Å². The van der Waals surface area contributed by atoms with Crippen LogP contribution in [0.5, 0.6) is 5.75 Å². The van der Waals surface area contributed by atoms with Gasteiger partial charge in [0.15, 0.2) is 0 Å². The number of nitrogens with two attached hydrogens (primary N) is 1. The fourth-order valence-electron chi connectivity index (χ4n) is 2.65. The predicted molar refractivity (Wildman–Crippen MR) is 96.1 cm³/mol. The summed E-state index contributed by atoms with van der Waals surface area (Å²) in [6.07, 6.45) is 3.15. The van der Waals surface area contributed by atoms with E-state index in [-0.39, 0.29) is 5.75 Å². The highest BCUT2D eigenvalue weighted by Gasteiger charge is 2.14. The van der Waals surface area contributed by atoms with Crippen molar-refractivity contribution >= 4 is 11.3 Å². The fraction of sp³-hybridized carbons (Fsp3) is 0.222. The molecule has 0 spiro atoms. The third-order valence-electron chi connectivity index (χ3n) is 3.86. The molecular weight excluding hydrogens is 320 g/mol. The van der Waals surface area contributed by atoms with Gasteiger partial charge in [0.2, 0.25) is 0 Å². The van der Waals surface area contributed by atoms with Gasteiger partial charge in [-0.3, -0.25) is 0 Å². The Morgan fingerprint density at radius 3 is 2.88 bits per heavy atom. The lowest BCUT2D eigenvalue weighted by Crippen LogP contribution is -2.09. The molecule has 0 bridgehead atoms. The Morgan fingerprint density at radius 2 is 2.21 bits per heavy atom. The van der Waals surface area contributed by atoms with Crippen LogP contribution < -0.4 is 5.73 Å². The highest BCUT2D eigenvalue weighted by Crippen LogP contribution is 2.21. The lowest BCUT2D eigenvalue weighted by Gasteiger charge is -2.10.